The van der Waals surface area contributed by atoms with Crippen molar-refractivity contribution in [1.82, 2.24) is 9.97 Å². The highest BCUT2D eigenvalue weighted by Crippen LogP contribution is 2.41. The second-order valence-electron chi connectivity index (χ2n) is 6.48. The highest BCUT2D eigenvalue weighted by molar-refractivity contribution is 7.22. The van der Waals surface area contributed by atoms with Crippen molar-refractivity contribution in [2.24, 2.45) is 0 Å². The van der Waals surface area contributed by atoms with E-state index in [0.29, 0.717) is 5.75 Å². The van der Waals surface area contributed by atoms with E-state index in [4.69, 9.17) is 4.74 Å². The van der Waals surface area contributed by atoms with Crippen LogP contribution in [0.1, 0.15) is 24.1 Å². The van der Waals surface area contributed by atoms with Crippen LogP contribution in [0.2, 0.25) is 0 Å². The first-order chi connectivity index (χ1) is 13.7. The SMILES string of the molecule is COc1c(CO)cccc1-c1cc2c(N[C@H](C)c3ccccc3)ncnc2s1. The third-order valence-corrected chi connectivity index (χ3v) is 5.80. The van der Waals surface area contributed by atoms with Crippen molar-refractivity contribution in [3.05, 3.63) is 72.1 Å². The van der Waals surface area contributed by atoms with Crippen LogP contribution in [0.3, 0.4) is 0 Å². The van der Waals surface area contributed by atoms with Crippen LogP contribution in [0.25, 0.3) is 20.7 Å². The first-order valence-corrected chi connectivity index (χ1v) is 9.86. The molecule has 0 bridgehead atoms. The molecule has 0 fully saturated rings. The minimum Gasteiger partial charge on any atom is -0.496 e. The molecule has 0 aliphatic heterocycles. The predicted molar refractivity (Wildman–Crippen MR) is 114 cm³/mol. The number of ether oxygens (including phenoxy) is 1. The topological polar surface area (TPSA) is 67.3 Å². The maximum Gasteiger partial charge on any atom is 0.138 e. The fourth-order valence-corrected chi connectivity index (χ4v) is 4.30. The van der Waals surface area contributed by atoms with Gasteiger partial charge in [-0.2, -0.15) is 0 Å². The number of methoxy groups -OCH3 is 1. The van der Waals surface area contributed by atoms with Gasteiger partial charge in [-0.05, 0) is 24.6 Å². The van der Waals surface area contributed by atoms with E-state index in [9.17, 15) is 5.11 Å². The number of aliphatic hydroxyl groups is 1. The van der Waals surface area contributed by atoms with Crippen LogP contribution in [-0.4, -0.2) is 22.2 Å². The average molecular weight is 391 g/mol. The number of nitrogens with zero attached hydrogens (tertiary/aromatic N) is 2. The van der Waals surface area contributed by atoms with E-state index in [1.165, 1.54) is 5.56 Å². The second-order valence-corrected chi connectivity index (χ2v) is 7.52. The van der Waals surface area contributed by atoms with Crippen LogP contribution in [0.5, 0.6) is 5.75 Å². The van der Waals surface area contributed by atoms with Crippen LogP contribution >= 0.6 is 11.3 Å². The molecule has 2 heterocycles. The zero-order valence-corrected chi connectivity index (χ0v) is 16.5. The predicted octanol–water partition coefficient (Wildman–Crippen LogP) is 5.03. The molecule has 142 valence electrons. The van der Waals surface area contributed by atoms with Crippen molar-refractivity contribution in [2.75, 3.05) is 12.4 Å². The van der Waals surface area contributed by atoms with Gasteiger partial charge in [-0.3, -0.25) is 0 Å². The molecule has 6 heteroatoms. The summed E-state index contributed by atoms with van der Waals surface area (Å²) in [6.45, 7) is 2.05. The van der Waals surface area contributed by atoms with Crippen molar-refractivity contribution in [3.63, 3.8) is 0 Å². The number of aromatic nitrogens is 2. The summed E-state index contributed by atoms with van der Waals surface area (Å²) >= 11 is 1.58. The molecule has 4 aromatic rings. The van der Waals surface area contributed by atoms with E-state index < -0.39 is 0 Å². The summed E-state index contributed by atoms with van der Waals surface area (Å²) in [4.78, 5) is 10.8. The average Bonchev–Trinajstić information content (AvgIpc) is 3.19. The van der Waals surface area contributed by atoms with Crippen molar-refractivity contribution in [1.29, 1.82) is 0 Å². The second kappa shape index (κ2) is 7.96. The third kappa shape index (κ3) is 3.44. The zero-order chi connectivity index (χ0) is 19.5. The van der Waals surface area contributed by atoms with Crippen LogP contribution in [-0.2, 0) is 6.61 Å². The lowest BCUT2D eigenvalue weighted by Gasteiger charge is -2.15. The molecular formula is C22H21N3O2S. The van der Waals surface area contributed by atoms with Gasteiger partial charge in [0.15, 0.2) is 0 Å². The minimum atomic E-state index is -0.0664. The molecule has 4 rings (SSSR count). The normalized spacial score (nSPS) is 12.1. The van der Waals surface area contributed by atoms with Gasteiger partial charge in [0.25, 0.3) is 0 Å². The molecule has 0 saturated carbocycles. The van der Waals surface area contributed by atoms with Crippen LogP contribution in [0.15, 0.2) is 60.9 Å². The Bertz CT molecular complexity index is 1100. The third-order valence-electron chi connectivity index (χ3n) is 4.72. The molecule has 0 aliphatic carbocycles. The number of thiophene rings is 1. The van der Waals surface area contributed by atoms with Gasteiger partial charge in [0.1, 0.15) is 22.7 Å². The van der Waals surface area contributed by atoms with Crippen molar-refractivity contribution >= 4 is 27.4 Å². The number of fused-ring (bicyclic) bond motifs is 1. The van der Waals surface area contributed by atoms with Gasteiger partial charge in [0.05, 0.1) is 19.1 Å². The van der Waals surface area contributed by atoms with Gasteiger partial charge >= 0.3 is 0 Å². The molecule has 2 aromatic carbocycles. The number of benzene rings is 2. The minimum absolute atomic E-state index is 0.0664. The number of anilines is 1. The van der Waals surface area contributed by atoms with Gasteiger partial charge in [0, 0.05) is 22.0 Å². The summed E-state index contributed by atoms with van der Waals surface area (Å²) in [7, 11) is 1.62. The summed E-state index contributed by atoms with van der Waals surface area (Å²) in [5.74, 6) is 1.50. The molecule has 2 aromatic heterocycles. The number of para-hydroxylation sites is 1. The molecule has 5 nitrogen and oxygen atoms in total. The maximum absolute atomic E-state index is 9.60. The standard InChI is InChI=1S/C22H21N3O2S/c1-14(15-7-4-3-5-8-15)25-21-18-11-19(28-22(18)24-13-23-21)17-10-6-9-16(12-26)20(17)27-2/h3-11,13-14,26H,12H2,1-2H3,(H,23,24,25)/t14-/m1/s1. The van der Waals surface area contributed by atoms with E-state index in [2.05, 4.69) is 40.4 Å². The first kappa shape index (κ1) is 18.4. The molecule has 2 N–H and O–H groups in total. The van der Waals surface area contributed by atoms with Crippen LogP contribution in [0.4, 0.5) is 5.82 Å². The Kier molecular flexibility index (Phi) is 5.23. The Morgan fingerprint density at radius 2 is 1.93 bits per heavy atom. The van der Waals surface area contributed by atoms with Gasteiger partial charge in [0.2, 0.25) is 0 Å². The van der Waals surface area contributed by atoms with Gasteiger partial charge in [-0.25, -0.2) is 9.97 Å². The molecule has 0 aliphatic rings. The van der Waals surface area contributed by atoms with Gasteiger partial charge in [-0.1, -0.05) is 42.5 Å². The largest absolute Gasteiger partial charge is 0.496 e. The summed E-state index contributed by atoms with van der Waals surface area (Å²) in [5.41, 5.74) is 2.90. The summed E-state index contributed by atoms with van der Waals surface area (Å²) in [6.07, 6.45) is 1.59. The first-order valence-electron chi connectivity index (χ1n) is 9.04. The van der Waals surface area contributed by atoms with Crippen molar-refractivity contribution < 1.29 is 9.84 Å². The molecule has 0 spiro atoms. The van der Waals surface area contributed by atoms with Crippen LogP contribution < -0.4 is 10.1 Å². The number of nitrogens with one attached hydrogen (secondary N) is 1. The molecule has 0 saturated heterocycles. The van der Waals surface area contributed by atoms with Crippen molar-refractivity contribution in [2.45, 2.75) is 19.6 Å². The Morgan fingerprint density at radius 1 is 1.11 bits per heavy atom. The smallest absolute Gasteiger partial charge is 0.138 e. The van der Waals surface area contributed by atoms with Crippen molar-refractivity contribution in [3.8, 4) is 16.2 Å². The summed E-state index contributed by atoms with van der Waals surface area (Å²) in [6, 6.07) is 18.3. The molecule has 0 amide bonds. The lowest BCUT2D eigenvalue weighted by Crippen LogP contribution is -2.08. The van der Waals surface area contributed by atoms with Crippen LogP contribution in [0, 0.1) is 0 Å². The quantitative estimate of drug-likeness (QED) is 0.482. The highest BCUT2D eigenvalue weighted by atomic mass is 32.1. The van der Waals surface area contributed by atoms with E-state index in [1.807, 2.05) is 36.4 Å². The Labute approximate surface area is 167 Å². The zero-order valence-electron chi connectivity index (χ0n) is 15.7. The molecule has 0 unspecified atom stereocenters. The maximum atomic E-state index is 9.60. The Balaban J connectivity index is 1.74. The highest BCUT2D eigenvalue weighted by Gasteiger charge is 2.16. The van der Waals surface area contributed by atoms with E-state index in [0.717, 1.165) is 32.0 Å². The van der Waals surface area contributed by atoms with Gasteiger partial charge < -0.3 is 15.2 Å². The van der Waals surface area contributed by atoms with E-state index >= 15 is 0 Å². The lowest BCUT2D eigenvalue weighted by molar-refractivity contribution is 0.274. The number of aliphatic hydroxyl groups excluding tert-OH is 1. The molecule has 28 heavy (non-hydrogen) atoms. The molecule has 1 atom stereocenters. The number of hydrogen-bond acceptors (Lipinski definition) is 6. The van der Waals surface area contributed by atoms with E-state index in [1.54, 1.807) is 24.8 Å². The monoisotopic (exact) mass is 391 g/mol. The molecular weight excluding hydrogens is 370 g/mol. The fourth-order valence-electron chi connectivity index (χ4n) is 3.28. The van der Waals surface area contributed by atoms with E-state index in [-0.39, 0.29) is 12.6 Å². The summed E-state index contributed by atoms with van der Waals surface area (Å²) in [5, 5.41) is 14.1. The Morgan fingerprint density at radius 3 is 2.68 bits per heavy atom. The lowest BCUT2D eigenvalue weighted by atomic mass is 10.1. The number of hydrogen-bond donors (Lipinski definition) is 2. The fraction of sp³-hybridized carbons (Fsp3) is 0.182. The molecule has 0 radical (unpaired) electrons. The number of rotatable bonds is 6. The summed E-state index contributed by atoms with van der Waals surface area (Å²) < 4.78 is 5.57. The Hall–Kier alpha value is -2.96. The van der Waals surface area contributed by atoms with Gasteiger partial charge in [-0.15, -0.1) is 11.3 Å².